The molecule has 0 fully saturated rings. The molecule has 0 aliphatic carbocycles. The molecule has 3 atom stereocenters. The van der Waals surface area contributed by atoms with Crippen LogP contribution in [0.5, 0.6) is 5.75 Å². The Bertz CT molecular complexity index is 1050. The third-order valence-electron chi connectivity index (χ3n) is 6.28. The number of fused-ring (bicyclic) bond motifs is 1. The highest BCUT2D eigenvalue weighted by Crippen LogP contribution is 2.36. The molecule has 0 bridgehead atoms. The van der Waals surface area contributed by atoms with Crippen molar-refractivity contribution in [2.24, 2.45) is 0 Å². The molecule has 5 nitrogen and oxygen atoms in total. The second-order valence-electron chi connectivity index (χ2n) is 8.68. The quantitative estimate of drug-likeness (QED) is 0.412. The molecular weight excluding hydrogens is 426 g/mol. The highest BCUT2D eigenvalue weighted by Gasteiger charge is 2.27. The van der Waals surface area contributed by atoms with Gasteiger partial charge in [-0.25, -0.2) is 4.79 Å². The number of hydrogen-bond donors (Lipinski definition) is 1. The fraction of sp³-hybridized carbons (Fsp3) is 0.345. The van der Waals surface area contributed by atoms with Crippen molar-refractivity contribution in [3.63, 3.8) is 0 Å². The lowest BCUT2D eigenvalue weighted by molar-refractivity contribution is -0.153. The number of carbonyl (C=O) groups is 1. The van der Waals surface area contributed by atoms with Crippen LogP contribution in [-0.2, 0) is 27.1 Å². The molecule has 1 N–H and O–H groups in total. The zero-order valence-electron chi connectivity index (χ0n) is 19.9. The van der Waals surface area contributed by atoms with Gasteiger partial charge in [0, 0.05) is 18.7 Å². The number of hydrogen-bond acceptors (Lipinski definition) is 5. The molecule has 3 aromatic carbocycles. The van der Waals surface area contributed by atoms with E-state index in [1.807, 2.05) is 31.2 Å². The Hall–Kier alpha value is -3.31. The van der Waals surface area contributed by atoms with Crippen LogP contribution in [0.3, 0.4) is 0 Å². The van der Waals surface area contributed by atoms with Crippen molar-refractivity contribution in [1.29, 1.82) is 0 Å². The lowest BCUT2D eigenvalue weighted by Gasteiger charge is -2.33. The summed E-state index contributed by atoms with van der Waals surface area (Å²) in [5.74, 6) is 0.913. The number of carbonyl (C=O) groups excluding carboxylic acids is 1. The van der Waals surface area contributed by atoms with Crippen molar-refractivity contribution < 1.29 is 19.0 Å². The monoisotopic (exact) mass is 459 g/mol. The van der Waals surface area contributed by atoms with Gasteiger partial charge in [0.05, 0.1) is 13.2 Å². The Morgan fingerprint density at radius 1 is 0.971 bits per heavy atom. The molecule has 3 aromatic rings. The van der Waals surface area contributed by atoms with Crippen molar-refractivity contribution >= 4 is 11.7 Å². The fourth-order valence-electron chi connectivity index (χ4n) is 4.61. The van der Waals surface area contributed by atoms with E-state index in [-0.39, 0.29) is 12.0 Å². The van der Waals surface area contributed by atoms with Crippen LogP contribution in [0.25, 0.3) is 0 Å². The van der Waals surface area contributed by atoms with Gasteiger partial charge >= 0.3 is 5.97 Å². The van der Waals surface area contributed by atoms with Crippen LogP contribution in [0.4, 0.5) is 5.69 Å². The third kappa shape index (κ3) is 6.17. The van der Waals surface area contributed by atoms with Gasteiger partial charge in [0.2, 0.25) is 0 Å². The smallest absolute Gasteiger partial charge is 0.335 e. The zero-order valence-corrected chi connectivity index (χ0v) is 19.9. The first kappa shape index (κ1) is 23.8. The molecule has 0 saturated carbocycles. The molecule has 0 radical (unpaired) electrons. The predicted molar refractivity (Wildman–Crippen MR) is 134 cm³/mol. The van der Waals surface area contributed by atoms with Crippen LogP contribution in [0, 0.1) is 0 Å². The second kappa shape index (κ2) is 11.7. The molecule has 0 amide bonds. The van der Waals surface area contributed by atoms with E-state index in [2.05, 4.69) is 59.9 Å². The van der Waals surface area contributed by atoms with Gasteiger partial charge in [0.15, 0.2) is 6.10 Å². The lowest BCUT2D eigenvalue weighted by Crippen LogP contribution is -2.34. The van der Waals surface area contributed by atoms with Crippen LogP contribution in [0.1, 0.15) is 36.0 Å². The number of rotatable bonds is 10. The molecule has 34 heavy (non-hydrogen) atoms. The number of anilines is 1. The minimum Gasteiger partial charge on any atom is -0.491 e. The minimum absolute atomic E-state index is 0.227. The van der Waals surface area contributed by atoms with Gasteiger partial charge in [-0.05, 0) is 60.6 Å². The normalized spacial score (nSPS) is 17.8. The number of para-hydroxylation sites is 1. The molecule has 5 heteroatoms. The number of benzene rings is 3. The first-order valence-electron chi connectivity index (χ1n) is 12.0. The van der Waals surface area contributed by atoms with E-state index >= 15 is 0 Å². The molecule has 3 unspecified atom stereocenters. The topological polar surface area (TPSA) is 56.8 Å². The number of methoxy groups -OCH3 is 1. The van der Waals surface area contributed by atoms with Gasteiger partial charge in [-0.1, -0.05) is 60.7 Å². The van der Waals surface area contributed by atoms with E-state index in [0.29, 0.717) is 25.6 Å². The first-order chi connectivity index (χ1) is 16.7. The van der Waals surface area contributed by atoms with Crippen molar-refractivity contribution in [2.75, 3.05) is 25.6 Å². The lowest BCUT2D eigenvalue weighted by atomic mass is 9.83. The van der Waals surface area contributed by atoms with Crippen LogP contribution < -0.4 is 10.1 Å². The molecule has 0 saturated heterocycles. The van der Waals surface area contributed by atoms with Crippen LogP contribution in [0.15, 0.2) is 78.9 Å². The molecule has 4 rings (SSSR count). The average molecular weight is 460 g/mol. The summed E-state index contributed by atoms with van der Waals surface area (Å²) in [7, 11) is 1.38. The number of nitrogens with one attached hydrogen (secondary N) is 1. The predicted octanol–water partition coefficient (Wildman–Crippen LogP) is 5.40. The molecular formula is C29H33NO4. The summed E-state index contributed by atoms with van der Waals surface area (Å²) in [6.07, 6.45) is 1.92. The minimum atomic E-state index is -0.588. The largest absolute Gasteiger partial charge is 0.491 e. The number of esters is 1. The molecule has 0 spiro atoms. The van der Waals surface area contributed by atoms with E-state index in [4.69, 9.17) is 14.2 Å². The van der Waals surface area contributed by atoms with Crippen molar-refractivity contribution in [1.82, 2.24) is 0 Å². The van der Waals surface area contributed by atoms with Gasteiger partial charge in [-0.3, -0.25) is 0 Å². The van der Waals surface area contributed by atoms with Gasteiger partial charge in [0.25, 0.3) is 0 Å². The van der Waals surface area contributed by atoms with Crippen LogP contribution in [0.2, 0.25) is 0 Å². The number of ether oxygens (including phenoxy) is 3. The Morgan fingerprint density at radius 3 is 2.44 bits per heavy atom. The summed E-state index contributed by atoms with van der Waals surface area (Å²) in [6, 6.07) is 27.4. The summed E-state index contributed by atoms with van der Waals surface area (Å²) in [5.41, 5.74) is 4.94. The van der Waals surface area contributed by atoms with E-state index in [1.54, 1.807) is 0 Å². The molecule has 1 heterocycles. The maximum atomic E-state index is 11.9. The van der Waals surface area contributed by atoms with Gasteiger partial charge in [0.1, 0.15) is 12.4 Å². The van der Waals surface area contributed by atoms with Gasteiger partial charge < -0.3 is 19.5 Å². The maximum absolute atomic E-state index is 11.9. The van der Waals surface area contributed by atoms with E-state index in [9.17, 15) is 4.79 Å². The second-order valence-corrected chi connectivity index (χ2v) is 8.68. The van der Waals surface area contributed by atoms with Crippen molar-refractivity contribution in [3.05, 3.63) is 95.6 Å². The fourth-order valence-corrected chi connectivity index (χ4v) is 4.61. The van der Waals surface area contributed by atoms with Crippen molar-refractivity contribution in [3.8, 4) is 5.75 Å². The SMILES string of the molecule is CCOC(Cc1ccc(OCC2CC(Cc3ccccc3)c3ccccc3N2)cc1)C(=O)OC. The van der Waals surface area contributed by atoms with E-state index in [0.717, 1.165) is 24.2 Å². The Balaban J connectivity index is 1.37. The van der Waals surface area contributed by atoms with Crippen LogP contribution in [-0.4, -0.2) is 38.4 Å². The molecule has 178 valence electrons. The third-order valence-corrected chi connectivity index (χ3v) is 6.28. The highest BCUT2D eigenvalue weighted by atomic mass is 16.6. The summed E-state index contributed by atoms with van der Waals surface area (Å²) >= 11 is 0. The van der Waals surface area contributed by atoms with Crippen molar-refractivity contribution in [2.45, 2.75) is 44.2 Å². The molecule has 1 aliphatic heterocycles. The average Bonchev–Trinajstić information content (AvgIpc) is 2.88. The van der Waals surface area contributed by atoms with Gasteiger partial charge in [-0.2, -0.15) is 0 Å². The summed E-state index contributed by atoms with van der Waals surface area (Å²) in [6.45, 7) is 2.92. The molecule has 1 aliphatic rings. The van der Waals surface area contributed by atoms with E-state index < -0.39 is 6.10 Å². The zero-order chi connectivity index (χ0) is 23.8. The maximum Gasteiger partial charge on any atom is 0.335 e. The van der Waals surface area contributed by atoms with E-state index in [1.165, 1.54) is 23.9 Å². The standard InChI is InChI=1S/C29H33NO4/c1-3-33-28(29(31)32-2)18-22-13-15-25(16-14-22)34-20-24-19-23(17-21-9-5-4-6-10-21)26-11-7-8-12-27(26)30-24/h4-16,23-24,28,30H,3,17-20H2,1-2H3. The summed E-state index contributed by atoms with van der Waals surface area (Å²) < 4.78 is 16.5. The first-order valence-corrected chi connectivity index (χ1v) is 12.0. The van der Waals surface area contributed by atoms with Gasteiger partial charge in [-0.15, -0.1) is 0 Å². The summed E-state index contributed by atoms with van der Waals surface area (Å²) in [4.78, 5) is 11.9. The Kier molecular flexibility index (Phi) is 8.21. The molecule has 0 aromatic heterocycles. The van der Waals surface area contributed by atoms with Crippen LogP contribution >= 0.6 is 0 Å². The Morgan fingerprint density at radius 2 is 1.71 bits per heavy atom. The summed E-state index contributed by atoms with van der Waals surface area (Å²) in [5, 5.41) is 3.66. The Labute approximate surface area is 202 Å². The highest BCUT2D eigenvalue weighted by molar-refractivity contribution is 5.75.